The monoisotopic (exact) mass is 286 g/mol. The number of fused-ring (bicyclic) bond motifs is 1. The van der Waals surface area contributed by atoms with Gasteiger partial charge in [-0.1, -0.05) is 6.07 Å². The summed E-state index contributed by atoms with van der Waals surface area (Å²) in [5.41, 5.74) is -0.723. The molecule has 0 radical (unpaired) electrons. The number of ether oxygens (including phenoxy) is 1. The molecule has 0 bridgehead atoms. The zero-order valence-electron chi connectivity index (χ0n) is 10.9. The number of alkyl halides is 3. The van der Waals surface area contributed by atoms with Gasteiger partial charge in [0.05, 0.1) is 5.56 Å². The summed E-state index contributed by atoms with van der Waals surface area (Å²) in [6, 6.07) is 3.09. The Morgan fingerprint density at radius 1 is 1.40 bits per heavy atom. The van der Waals surface area contributed by atoms with E-state index in [4.69, 9.17) is 9.84 Å². The number of hydrogen-bond donors (Lipinski definition) is 1. The van der Waals surface area contributed by atoms with Crippen LogP contribution in [0.2, 0.25) is 0 Å². The summed E-state index contributed by atoms with van der Waals surface area (Å²) in [7, 11) is 0. The zero-order valence-corrected chi connectivity index (χ0v) is 10.9. The first kappa shape index (κ1) is 14.4. The van der Waals surface area contributed by atoms with Crippen molar-refractivity contribution >= 4 is 11.5 Å². The fourth-order valence-corrected chi connectivity index (χ4v) is 2.21. The maximum atomic E-state index is 12.7. The summed E-state index contributed by atoms with van der Waals surface area (Å²) in [4.78, 5) is 10.8. The lowest BCUT2D eigenvalue weighted by Gasteiger charge is -2.34. The first-order valence-electron chi connectivity index (χ1n) is 5.93. The minimum Gasteiger partial charge on any atom is -0.487 e. The maximum absolute atomic E-state index is 12.7. The largest absolute Gasteiger partial charge is 0.487 e. The molecule has 0 aliphatic carbocycles. The van der Waals surface area contributed by atoms with Gasteiger partial charge < -0.3 is 9.84 Å². The van der Waals surface area contributed by atoms with Crippen LogP contribution >= 0.6 is 0 Å². The Bertz CT molecular complexity index is 586. The van der Waals surface area contributed by atoms with Crippen LogP contribution in [0.3, 0.4) is 0 Å². The van der Waals surface area contributed by atoms with Crippen molar-refractivity contribution < 1.29 is 27.8 Å². The van der Waals surface area contributed by atoms with Gasteiger partial charge in [-0.2, -0.15) is 13.2 Å². The molecule has 0 aromatic heterocycles. The van der Waals surface area contributed by atoms with Gasteiger partial charge in [-0.05, 0) is 31.6 Å². The van der Waals surface area contributed by atoms with E-state index < -0.39 is 23.3 Å². The molecule has 0 atom stereocenters. The van der Waals surface area contributed by atoms with E-state index in [1.165, 1.54) is 6.07 Å². The molecule has 2 rings (SSSR count). The molecule has 108 valence electrons. The second-order valence-corrected chi connectivity index (χ2v) is 5.26. The minimum absolute atomic E-state index is 0.0589. The molecule has 1 N–H and O–H groups in total. The number of halogens is 3. The summed E-state index contributed by atoms with van der Waals surface area (Å²) < 4.78 is 43.6. The lowest BCUT2D eigenvalue weighted by atomic mass is 9.88. The van der Waals surface area contributed by atoms with Gasteiger partial charge in [0.1, 0.15) is 11.4 Å². The molecule has 0 amide bonds. The third kappa shape index (κ3) is 2.95. The topological polar surface area (TPSA) is 46.5 Å². The normalized spacial score (nSPS) is 19.4. The van der Waals surface area contributed by atoms with Gasteiger partial charge in [-0.25, -0.2) is 4.79 Å². The smallest absolute Gasteiger partial charge is 0.416 e. The highest BCUT2D eigenvalue weighted by Crippen LogP contribution is 2.42. The van der Waals surface area contributed by atoms with E-state index in [1.807, 2.05) is 0 Å². The molecule has 1 aliphatic heterocycles. The molecule has 20 heavy (non-hydrogen) atoms. The van der Waals surface area contributed by atoms with Gasteiger partial charge in [0.15, 0.2) is 0 Å². The van der Waals surface area contributed by atoms with Crippen LogP contribution in [0.1, 0.15) is 31.4 Å². The molecule has 1 heterocycles. The fraction of sp³-hybridized carbons (Fsp3) is 0.357. The van der Waals surface area contributed by atoms with E-state index in [-0.39, 0.29) is 5.75 Å². The van der Waals surface area contributed by atoms with Crippen molar-refractivity contribution in [2.24, 2.45) is 0 Å². The van der Waals surface area contributed by atoms with Crippen molar-refractivity contribution in [2.75, 3.05) is 0 Å². The third-order valence-electron chi connectivity index (χ3n) is 2.96. The molecule has 0 saturated heterocycles. The quantitative estimate of drug-likeness (QED) is 0.800. The molecule has 0 saturated carbocycles. The van der Waals surface area contributed by atoms with Crippen molar-refractivity contribution in [1.29, 1.82) is 0 Å². The summed E-state index contributed by atoms with van der Waals surface area (Å²) in [6.45, 7) is 3.40. The van der Waals surface area contributed by atoms with Crippen LogP contribution in [0.5, 0.6) is 5.75 Å². The lowest BCUT2D eigenvalue weighted by Crippen LogP contribution is -2.32. The Balaban J connectivity index is 2.56. The number of aliphatic carboxylic acids is 1. The molecular weight excluding hydrogens is 273 g/mol. The van der Waals surface area contributed by atoms with Crippen LogP contribution in [-0.2, 0) is 11.0 Å². The van der Waals surface area contributed by atoms with Crippen LogP contribution in [0.15, 0.2) is 24.3 Å². The number of carbonyl (C=O) groups is 1. The van der Waals surface area contributed by atoms with E-state index in [0.717, 1.165) is 18.2 Å². The second-order valence-electron chi connectivity index (χ2n) is 5.26. The van der Waals surface area contributed by atoms with Crippen LogP contribution in [0.4, 0.5) is 13.2 Å². The van der Waals surface area contributed by atoms with Crippen molar-refractivity contribution in [2.45, 2.75) is 32.0 Å². The number of carboxylic acids is 1. The Hall–Kier alpha value is -1.98. The summed E-state index contributed by atoms with van der Waals surface area (Å²) in [5.74, 6) is -1.08. The lowest BCUT2D eigenvalue weighted by molar-refractivity contribution is -0.138. The van der Waals surface area contributed by atoms with Gasteiger partial charge >= 0.3 is 12.1 Å². The molecule has 3 nitrogen and oxygen atoms in total. The zero-order chi connectivity index (χ0) is 15.1. The van der Waals surface area contributed by atoms with Crippen LogP contribution < -0.4 is 4.74 Å². The summed E-state index contributed by atoms with van der Waals surface area (Å²) in [6.07, 6.45) is -3.13. The van der Waals surface area contributed by atoms with Crippen LogP contribution in [-0.4, -0.2) is 16.7 Å². The van der Waals surface area contributed by atoms with Gasteiger partial charge in [0, 0.05) is 18.1 Å². The van der Waals surface area contributed by atoms with E-state index in [9.17, 15) is 18.0 Å². The first-order chi connectivity index (χ1) is 9.08. The Labute approximate surface area is 113 Å². The van der Waals surface area contributed by atoms with Gasteiger partial charge in [0.2, 0.25) is 0 Å². The van der Waals surface area contributed by atoms with Crippen molar-refractivity contribution in [3.8, 4) is 5.75 Å². The number of hydrogen-bond acceptors (Lipinski definition) is 2. The molecule has 1 aromatic carbocycles. The predicted molar refractivity (Wildman–Crippen MR) is 66.4 cm³/mol. The molecule has 6 heteroatoms. The van der Waals surface area contributed by atoms with E-state index in [2.05, 4.69) is 0 Å². The number of carboxylic acid groups (broad SMARTS) is 1. The molecule has 0 spiro atoms. The van der Waals surface area contributed by atoms with Crippen molar-refractivity contribution in [1.82, 2.24) is 0 Å². The number of rotatable bonds is 1. The Morgan fingerprint density at radius 3 is 2.60 bits per heavy atom. The summed E-state index contributed by atoms with van der Waals surface area (Å²) in [5, 5.41) is 8.85. The fourth-order valence-electron chi connectivity index (χ4n) is 2.21. The van der Waals surface area contributed by atoms with E-state index in [0.29, 0.717) is 17.6 Å². The average molecular weight is 286 g/mol. The van der Waals surface area contributed by atoms with E-state index in [1.54, 1.807) is 13.8 Å². The second kappa shape index (κ2) is 4.54. The SMILES string of the molecule is CC1(C)CC(=CC(=O)O)c2ccc(C(F)(F)F)cc2O1. The molecule has 0 fully saturated rings. The Morgan fingerprint density at radius 2 is 2.05 bits per heavy atom. The predicted octanol–water partition coefficient (Wildman–Crippen LogP) is 3.73. The molecule has 1 aliphatic rings. The Kier molecular flexibility index (Phi) is 3.28. The van der Waals surface area contributed by atoms with Crippen LogP contribution in [0, 0.1) is 0 Å². The highest BCUT2D eigenvalue weighted by molar-refractivity contribution is 5.91. The molecular formula is C14H13F3O3. The van der Waals surface area contributed by atoms with Gasteiger partial charge in [0.25, 0.3) is 0 Å². The van der Waals surface area contributed by atoms with Gasteiger partial charge in [-0.3, -0.25) is 0 Å². The molecule has 1 aromatic rings. The highest BCUT2D eigenvalue weighted by Gasteiger charge is 2.35. The maximum Gasteiger partial charge on any atom is 0.416 e. The average Bonchev–Trinajstić information content (AvgIpc) is 2.24. The molecule has 0 unspecified atom stereocenters. The highest BCUT2D eigenvalue weighted by atomic mass is 19.4. The first-order valence-corrected chi connectivity index (χ1v) is 5.93. The van der Waals surface area contributed by atoms with E-state index >= 15 is 0 Å². The van der Waals surface area contributed by atoms with Crippen LogP contribution in [0.25, 0.3) is 5.57 Å². The summed E-state index contributed by atoms with van der Waals surface area (Å²) >= 11 is 0. The standard InChI is InChI=1S/C14H13F3O3/c1-13(2)7-8(5-12(18)19)10-4-3-9(14(15,16)17)6-11(10)20-13/h3-6H,7H2,1-2H3,(H,18,19). The third-order valence-corrected chi connectivity index (χ3v) is 2.96. The minimum atomic E-state index is -4.46. The van der Waals surface area contributed by atoms with Gasteiger partial charge in [-0.15, -0.1) is 0 Å². The van der Waals surface area contributed by atoms with Crippen molar-refractivity contribution in [3.63, 3.8) is 0 Å². The van der Waals surface area contributed by atoms with Crippen molar-refractivity contribution in [3.05, 3.63) is 35.4 Å². The number of benzene rings is 1.